The number of alkyl halides is 3. The fourth-order valence-electron chi connectivity index (χ4n) is 2.32. The summed E-state index contributed by atoms with van der Waals surface area (Å²) in [5.41, 5.74) is 4.19. The number of sulfonamides is 1. The molecule has 2 N–H and O–H groups in total. The first-order chi connectivity index (χ1) is 10.7. The first-order valence-electron chi connectivity index (χ1n) is 7.17. The van der Waals surface area contributed by atoms with Crippen LogP contribution < -0.4 is 5.73 Å². The number of nitrogen functional groups attached to an aromatic ring is 1. The molecule has 1 aromatic carbocycles. The quantitative estimate of drug-likeness (QED) is 0.671. The largest absolute Gasteiger partial charge is 0.430 e. The molecule has 0 amide bonds. The molecule has 1 aliphatic heterocycles. The third-order valence-corrected chi connectivity index (χ3v) is 5.34. The fraction of sp³-hybridized carbons (Fsp3) is 0.500. The van der Waals surface area contributed by atoms with E-state index in [1.807, 2.05) is 0 Å². The number of halogens is 3. The van der Waals surface area contributed by atoms with Gasteiger partial charge in [-0.15, -0.1) is 0 Å². The van der Waals surface area contributed by atoms with E-state index in [-0.39, 0.29) is 24.5 Å². The molecule has 9 heteroatoms. The van der Waals surface area contributed by atoms with Crippen molar-refractivity contribution in [1.82, 2.24) is 4.31 Å². The molecule has 5 nitrogen and oxygen atoms in total. The van der Waals surface area contributed by atoms with Crippen LogP contribution in [0.4, 0.5) is 24.5 Å². The van der Waals surface area contributed by atoms with Crippen molar-refractivity contribution in [2.45, 2.75) is 25.4 Å². The lowest BCUT2D eigenvalue weighted by molar-refractivity contribution is -0.0590. The van der Waals surface area contributed by atoms with Crippen LogP contribution in [-0.4, -0.2) is 43.5 Å². The minimum atomic E-state index is -4.84. The molecule has 0 radical (unpaired) electrons. The molecule has 0 aliphatic carbocycles. The molecule has 1 fully saturated rings. The van der Waals surface area contributed by atoms with E-state index in [1.165, 1.54) is 18.2 Å². The van der Waals surface area contributed by atoms with Gasteiger partial charge in [0.05, 0.1) is 11.4 Å². The van der Waals surface area contributed by atoms with Crippen LogP contribution in [0.15, 0.2) is 29.3 Å². The molecule has 0 spiro atoms. The highest BCUT2D eigenvalue weighted by molar-refractivity contribution is 7.89. The Labute approximate surface area is 133 Å². The van der Waals surface area contributed by atoms with Gasteiger partial charge in [-0.05, 0) is 25.0 Å². The third kappa shape index (κ3) is 4.68. The summed E-state index contributed by atoms with van der Waals surface area (Å²) in [6, 6.07) is 5.77. The smallest absolute Gasteiger partial charge is 0.397 e. The lowest BCUT2D eigenvalue weighted by Crippen LogP contribution is -2.41. The van der Waals surface area contributed by atoms with Crippen molar-refractivity contribution in [3.8, 4) is 0 Å². The average Bonchev–Trinajstić information content (AvgIpc) is 2.48. The number of nitrogens with two attached hydrogens (primary N) is 1. The summed E-state index contributed by atoms with van der Waals surface area (Å²) in [7, 11) is -4.06. The molecule has 128 valence electrons. The summed E-state index contributed by atoms with van der Waals surface area (Å²) in [5.74, 6) is -1.18. The van der Waals surface area contributed by atoms with Crippen LogP contribution in [-0.2, 0) is 10.0 Å². The SMILES string of the molecule is Nc1ccccc1N=C(CS(=O)(=O)N1CCCCC1)C(F)(F)F. The number of aliphatic imine (C=N–C) groups is 1. The topological polar surface area (TPSA) is 75.8 Å². The summed E-state index contributed by atoms with van der Waals surface area (Å²) in [6.45, 7) is 0.502. The van der Waals surface area contributed by atoms with Gasteiger partial charge in [0, 0.05) is 13.1 Å². The van der Waals surface area contributed by atoms with Crippen molar-refractivity contribution in [2.24, 2.45) is 4.99 Å². The second kappa shape index (κ2) is 6.88. The second-order valence-corrected chi connectivity index (χ2v) is 7.30. The molecule has 1 heterocycles. The molecule has 1 saturated heterocycles. The monoisotopic (exact) mass is 349 g/mol. The zero-order chi connectivity index (χ0) is 17.1. The van der Waals surface area contributed by atoms with Crippen LogP contribution in [0.1, 0.15) is 19.3 Å². The maximum Gasteiger partial charge on any atom is 0.430 e. The number of rotatable bonds is 4. The van der Waals surface area contributed by atoms with Gasteiger partial charge in [-0.1, -0.05) is 18.6 Å². The molecule has 0 aromatic heterocycles. The predicted molar refractivity (Wildman–Crippen MR) is 83.2 cm³/mol. The normalized spacial score (nSPS) is 18.1. The Bertz CT molecular complexity index is 681. The highest BCUT2D eigenvalue weighted by atomic mass is 32.2. The van der Waals surface area contributed by atoms with Crippen LogP contribution in [0.25, 0.3) is 0 Å². The Balaban J connectivity index is 2.31. The van der Waals surface area contributed by atoms with Crippen LogP contribution in [0.5, 0.6) is 0 Å². The lowest BCUT2D eigenvalue weighted by atomic mass is 10.2. The summed E-state index contributed by atoms with van der Waals surface area (Å²) in [6.07, 6.45) is -2.65. The number of hydrogen-bond acceptors (Lipinski definition) is 4. The molecular weight excluding hydrogens is 331 g/mol. The molecule has 23 heavy (non-hydrogen) atoms. The zero-order valence-corrected chi connectivity index (χ0v) is 13.2. The summed E-state index contributed by atoms with van der Waals surface area (Å²) >= 11 is 0. The van der Waals surface area contributed by atoms with Gasteiger partial charge in [-0.2, -0.15) is 13.2 Å². The molecule has 0 unspecified atom stereocenters. The molecule has 0 atom stereocenters. The van der Waals surface area contributed by atoms with E-state index in [9.17, 15) is 21.6 Å². The number of piperidine rings is 1. The van der Waals surface area contributed by atoms with Crippen LogP contribution in [0.2, 0.25) is 0 Å². The predicted octanol–water partition coefficient (Wildman–Crippen LogP) is 2.72. The number of benzene rings is 1. The lowest BCUT2D eigenvalue weighted by Gasteiger charge is -2.26. The van der Waals surface area contributed by atoms with E-state index in [2.05, 4.69) is 4.99 Å². The first-order valence-corrected chi connectivity index (χ1v) is 8.78. The Morgan fingerprint density at radius 2 is 1.78 bits per heavy atom. The van der Waals surface area contributed by atoms with Gasteiger partial charge in [-0.25, -0.2) is 17.7 Å². The standard InChI is InChI=1S/C14H18F3N3O2S/c15-14(16,17)13(19-12-7-3-2-6-11(12)18)10-23(21,22)20-8-4-1-5-9-20/h2-3,6-7H,1,4-5,8-10,18H2. The summed E-state index contributed by atoms with van der Waals surface area (Å²) < 4.78 is 65.1. The van der Waals surface area contributed by atoms with Crippen molar-refractivity contribution >= 4 is 27.1 Å². The Morgan fingerprint density at radius 1 is 1.17 bits per heavy atom. The first kappa shape index (κ1) is 17.7. The van der Waals surface area contributed by atoms with E-state index in [4.69, 9.17) is 5.73 Å². The third-order valence-electron chi connectivity index (χ3n) is 3.55. The van der Waals surface area contributed by atoms with Gasteiger partial charge < -0.3 is 5.73 Å². The molecule has 2 rings (SSSR count). The van der Waals surface area contributed by atoms with Crippen molar-refractivity contribution in [2.75, 3.05) is 24.6 Å². The van der Waals surface area contributed by atoms with E-state index in [0.29, 0.717) is 12.8 Å². The highest BCUT2D eigenvalue weighted by Gasteiger charge is 2.40. The van der Waals surface area contributed by atoms with Crippen LogP contribution in [0.3, 0.4) is 0 Å². The highest BCUT2D eigenvalue weighted by Crippen LogP contribution is 2.27. The molecule has 0 bridgehead atoms. The van der Waals surface area contributed by atoms with Crippen LogP contribution in [0, 0.1) is 0 Å². The van der Waals surface area contributed by atoms with Gasteiger partial charge in [0.2, 0.25) is 10.0 Å². The minimum Gasteiger partial charge on any atom is -0.397 e. The molecular formula is C14H18F3N3O2S. The Morgan fingerprint density at radius 3 is 2.35 bits per heavy atom. The van der Waals surface area contributed by atoms with E-state index >= 15 is 0 Å². The zero-order valence-electron chi connectivity index (χ0n) is 12.4. The van der Waals surface area contributed by atoms with Gasteiger partial charge in [0.15, 0.2) is 0 Å². The van der Waals surface area contributed by atoms with E-state index in [0.717, 1.165) is 10.7 Å². The molecule has 1 aliphatic rings. The number of hydrogen-bond donors (Lipinski definition) is 1. The van der Waals surface area contributed by atoms with Crippen molar-refractivity contribution in [3.05, 3.63) is 24.3 Å². The van der Waals surface area contributed by atoms with Crippen molar-refractivity contribution in [3.63, 3.8) is 0 Å². The Kier molecular flexibility index (Phi) is 5.30. The van der Waals surface area contributed by atoms with E-state index in [1.54, 1.807) is 6.07 Å². The maximum absolute atomic E-state index is 13.2. The summed E-state index contributed by atoms with van der Waals surface area (Å²) in [4.78, 5) is 3.47. The number of anilines is 1. The number of nitrogens with zero attached hydrogens (tertiary/aromatic N) is 2. The van der Waals surface area contributed by atoms with Crippen molar-refractivity contribution in [1.29, 1.82) is 0 Å². The molecule has 0 saturated carbocycles. The number of para-hydroxylation sites is 2. The Hall–Kier alpha value is -1.61. The maximum atomic E-state index is 13.2. The van der Waals surface area contributed by atoms with Crippen LogP contribution >= 0.6 is 0 Å². The summed E-state index contributed by atoms with van der Waals surface area (Å²) in [5, 5.41) is 0. The average molecular weight is 349 g/mol. The minimum absolute atomic E-state index is 0.0598. The van der Waals surface area contributed by atoms with Crippen molar-refractivity contribution < 1.29 is 21.6 Å². The second-order valence-electron chi connectivity index (χ2n) is 5.33. The van der Waals surface area contributed by atoms with Gasteiger partial charge >= 0.3 is 6.18 Å². The van der Waals surface area contributed by atoms with Gasteiger partial charge in [0.25, 0.3) is 0 Å². The molecule has 1 aromatic rings. The van der Waals surface area contributed by atoms with Gasteiger partial charge in [-0.3, -0.25) is 0 Å². The van der Waals surface area contributed by atoms with Gasteiger partial charge in [0.1, 0.15) is 11.5 Å². The van der Waals surface area contributed by atoms with E-state index < -0.39 is 27.7 Å². The fourth-order valence-corrected chi connectivity index (χ4v) is 3.89.